The molecule has 0 spiro atoms. The second-order valence-electron chi connectivity index (χ2n) is 2.77. The SMILES string of the molecule is CCOCCC(O)Cc1nccs1. The van der Waals surface area contributed by atoms with Crippen molar-refractivity contribution in [1.29, 1.82) is 0 Å². The van der Waals surface area contributed by atoms with Crippen LogP contribution in [-0.4, -0.2) is 29.4 Å². The van der Waals surface area contributed by atoms with Gasteiger partial charge in [-0.1, -0.05) is 0 Å². The molecule has 1 rings (SSSR count). The lowest BCUT2D eigenvalue weighted by Crippen LogP contribution is -2.13. The smallest absolute Gasteiger partial charge is 0.0950 e. The molecule has 4 heteroatoms. The van der Waals surface area contributed by atoms with E-state index in [1.807, 2.05) is 12.3 Å². The number of hydrogen-bond donors (Lipinski definition) is 1. The average molecular weight is 201 g/mol. The lowest BCUT2D eigenvalue weighted by atomic mass is 10.2. The third kappa shape index (κ3) is 4.36. The standard InChI is InChI=1S/C9H15NO2S/c1-2-12-5-3-8(11)7-9-10-4-6-13-9/h4,6,8,11H,2-3,5,7H2,1H3. The first-order chi connectivity index (χ1) is 6.33. The van der Waals surface area contributed by atoms with Gasteiger partial charge >= 0.3 is 0 Å². The van der Waals surface area contributed by atoms with Gasteiger partial charge in [0, 0.05) is 31.2 Å². The van der Waals surface area contributed by atoms with Crippen LogP contribution in [0.4, 0.5) is 0 Å². The van der Waals surface area contributed by atoms with E-state index >= 15 is 0 Å². The van der Waals surface area contributed by atoms with Gasteiger partial charge in [0.05, 0.1) is 11.1 Å². The Morgan fingerprint density at radius 2 is 2.54 bits per heavy atom. The monoisotopic (exact) mass is 201 g/mol. The van der Waals surface area contributed by atoms with Gasteiger partial charge in [0.15, 0.2) is 0 Å². The van der Waals surface area contributed by atoms with Crippen molar-refractivity contribution in [1.82, 2.24) is 4.98 Å². The van der Waals surface area contributed by atoms with Gasteiger partial charge in [-0.05, 0) is 13.3 Å². The van der Waals surface area contributed by atoms with E-state index in [1.54, 1.807) is 17.5 Å². The Balaban J connectivity index is 2.14. The Bertz CT molecular complexity index is 213. The molecule has 1 heterocycles. The number of nitrogens with zero attached hydrogens (tertiary/aromatic N) is 1. The summed E-state index contributed by atoms with van der Waals surface area (Å²) in [5.74, 6) is 0. The van der Waals surface area contributed by atoms with Crippen LogP contribution < -0.4 is 0 Å². The first-order valence-electron chi connectivity index (χ1n) is 4.47. The minimum Gasteiger partial charge on any atom is -0.393 e. The van der Waals surface area contributed by atoms with Gasteiger partial charge in [0.1, 0.15) is 0 Å². The van der Waals surface area contributed by atoms with Crippen LogP contribution in [0.15, 0.2) is 11.6 Å². The summed E-state index contributed by atoms with van der Waals surface area (Å²) in [6.45, 7) is 3.29. The van der Waals surface area contributed by atoms with Crippen molar-refractivity contribution in [3.63, 3.8) is 0 Å². The molecule has 0 saturated carbocycles. The molecule has 1 unspecified atom stereocenters. The first kappa shape index (κ1) is 10.6. The molecule has 0 bridgehead atoms. The highest BCUT2D eigenvalue weighted by atomic mass is 32.1. The predicted octanol–water partition coefficient (Wildman–Crippen LogP) is 1.47. The molecule has 0 saturated heterocycles. The van der Waals surface area contributed by atoms with Crippen molar-refractivity contribution >= 4 is 11.3 Å². The van der Waals surface area contributed by atoms with Crippen LogP contribution in [0.3, 0.4) is 0 Å². The minimum absolute atomic E-state index is 0.322. The number of rotatable bonds is 6. The topological polar surface area (TPSA) is 42.4 Å². The highest BCUT2D eigenvalue weighted by molar-refractivity contribution is 7.09. The fraction of sp³-hybridized carbons (Fsp3) is 0.667. The second kappa shape index (κ2) is 6.07. The highest BCUT2D eigenvalue weighted by Gasteiger charge is 2.06. The molecule has 1 aromatic rings. The molecule has 1 aromatic heterocycles. The fourth-order valence-electron chi connectivity index (χ4n) is 1.02. The van der Waals surface area contributed by atoms with Crippen LogP contribution in [0, 0.1) is 0 Å². The third-order valence-corrected chi connectivity index (χ3v) is 2.50. The van der Waals surface area contributed by atoms with Crippen LogP contribution in [0.5, 0.6) is 0 Å². The zero-order chi connectivity index (χ0) is 9.52. The molecule has 1 atom stereocenters. The van der Waals surface area contributed by atoms with Crippen LogP contribution in [0.2, 0.25) is 0 Å². The summed E-state index contributed by atoms with van der Waals surface area (Å²) in [7, 11) is 0. The quantitative estimate of drug-likeness (QED) is 0.709. The fourth-order valence-corrected chi connectivity index (χ4v) is 1.71. The Hall–Kier alpha value is -0.450. The van der Waals surface area contributed by atoms with Crippen molar-refractivity contribution in [2.45, 2.75) is 25.9 Å². The highest BCUT2D eigenvalue weighted by Crippen LogP contribution is 2.08. The van der Waals surface area contributed by atoms with E-state index in [-0.39, 0.29) is 6.10 Å². The van der Waals surface area contributed by atoms with Gasteiger partial charge < -0.3 is 9.84 Å². The van der Waals surface area contributed by atoms with Crippen molar-refractivity contribution in [2.75, 3.05) is 13.2 Å². The molecular weight excluding hydrogens is 186 g/mol. The minimum atomic E-state index is -0.322. The molecule has 1 N–H and O–H groups in total. The molecule has 0 amide bonds. The van der Waals surface area contributed by atoms with Gasteiger partial charge in [-0.25, -0.2) is 4.98 Å². The van der Waals surface area contributed by atoms with E-state index in [9.17, 15) is 5.11 Å². The molecule has 0 aliphatic rings. The van der Waals surface area contributed by atoms with E-state index in [1.165, 1.54) is 0 Å². The summed E-state index contributed by atoms with van der Waals surface area (Å²) in [6.07, 6.45) is 2.77. The van der Waals surface area contributed by atoms with Gasteiger partial charge in [-0.15, -0.1) is 11.3 Å². The van der Waals surface area contributed by atoms with E-state index in [4.69, 9.17) is 4.74 Å². The zero-order valence-corrected chi connectivity index (χ0v) is 8.59. The summed E-state index contributed by atoms with van der Waals surface area (Å²) in [5, 5.41) is 12.4. The molecule has 0 radical (unpaired) electrons. The Morgan fingerprint density at radius 3 is 3.15 bits per heavy atom. The van der Waals surface area contributed by atoms with Crippen molar-refractivity contribution < 1.29 is 9.84 Å². The van der Waals surface area contributed by atoms with Crippen molar-refractivity contribution in [3.8, 4) is 0 Å². The number of aromatic nitrogens is 1. The number of ether oxygens (including phenoxy) is 1. The number of aliphatic hydroxyl groups excluding tert-OH is 1. The van der Waals surface area contributed by atoms with Crippen LogP contribution >= 0.6 is 11.3 Å². The van der Waals surface area contributed by atoms with Crippen molar-refractivity contribution in [3.05, 3.63) is 16.6 Å². The number of hydrogen-bond acceptors (Lipinski definition) is 4. The molecular formula is C9H15NO2S. The lowest BCUT2D eigenvalue weighted by molar-refractivity contribution is 0.0887. The number of thiazole rings is 1. The average Bonchev–Trinajstić information content (AvgIpc) is 2.57. The summed E-state index contributed by atoms with van der Waals surface area (Å²) in [6, 6.07) is 0. The van der Waals surface area contributed by atoms with Gasteiger partial charge in [0.2, 0.25) is 0 Å². The predicted molar refractivity (Wildman–Crippen MR) is 52.9 cm³/mol. The molecule has 74 valence electrons. The van der Waals surface area contributed by atoms with E-state index in [2.05, 4.69) is 4.98 Å². The summed E-state index contributed by atoms with van der Waals surface area (Å²) >= 11 is 1.58. The summed E-state index contributed by atoms with van der Waals surface area (Å²) < 4.78 is 5.15. The Kier molecular flexibility index (Phi) is 4.97. The first-order valence-corrected chi connectivity index (χ1v) is 5.35. The van der Waals surface area contributed by atoms with Crippen LogP contribution in [0.25, 0.3) is 0 Å². The third-order valence-electron chi connectivity index (χ3n) is 1.69. The van der Waals surface area contributed by atoms with E-state index in [0.29, 0.717) is 26.1 Å². The maximum atomic E-state index is 9.53. The largest absolute Gasteiger partial charge is 0.393 e. The van der Waals surface area contributed by atoms with E-state index < -0.39 is 0 Å². The molecule has 3 nitrogen and oxygen atoms in total. The zero-order valence-electron chi connectivity index (χ0n) is 7.77. The van der Waals surface area contributed by atoms with Gasteiger partial charge in [-0.3, -0.25) is 0 Å². The molecule has 0 aliphatic heterocycles. The summed E-state index contributed by atoms with van der Waals surface area (Å²) in [5.41, 5.74) is 0. The van der Waals surface area contributed by atoms with Crippen LogP contribution in [0.1, 0.15) is 18.4 Å². The van der Waals surface area contributed by atoms with Crippen LogP contribution in [-0.2, 0) is 11.2 Å². The Morgan fingerprint density at radius 1 is 1.69 bits per heavy atom. The number of aliphatic hydroxyl groups is 1. The molecule has 0 aromatic carbocycles. The lowest BCUT2D eigenvalue weighted by Gasteiger charge is -2.07. The molecule has 0 aliphatic carbocycles. The maximum Gasteiger partial charge on any atom is 0.0950 e. The molecule has 0 fully saturated rings. The maximum absolute atomic E-state index is 9.53. The summed E-state index contributed by atoms with van der Waals surface area (Å²) in [4.78, 5) is 4.10. The van der Waals surface area contributed by atoms with Gasteiger partial charge in [-0.2, -0.15) is 0 Å². The normalized spacial score (nSPS) is 13.1. The molecule has 13 heavy (non-hydrogen) atoms. The van der Waals surface area contributed by atoms with E-state index in [0.717, 1.165) is 5.01 Å². The Labute approximate surface area is 82.4 Å². The second-order valence-corrected chi connectivity index (χ2v) is 3.75. The van der Waals surface area contributed by atoms with Gasteiger partial charge in [0.25, 0.3) is 0 Å². The van der Waals surface area contributed by atoms with Crippen molar-refractivity contribution in [2.24, 2.45) is 0 Å².